The van der Waals surface area contributed by atoms with Crippen LogP contribution in [0.1, 0.15) is 22.5 Å². The van der Waals surface area contributed by atoms with Crippen LogP contribution in [0, 0.1) is 6.92 Å². The molecule has 0 bridgehead atoms. The summed E-state index contributed by atoms with van der Waals surface area (Å²) in [7, 11) is 0. The van der Waals surface area contributed by atoms with Crippen LogP contribution in [0.15, 0.2) is 47.1 Å². The highest BCUT2D eigenvalue weighted by Gasteiger charge is 2.18. The molecule has 0 saturated carbocycles. The fraction of sp³-hybridized carbons (Fsp3) is 0.368. The summed E-state index contributed by atoms with van der Waals surface area (Å²) in [6.45, 7) is 6.11. The van der Waals surface area contributed by atoms with Gasteiger partial charge in [-0.3, -0.25) is 25.3 Å². The lowest BCUT2D eigenvalue weighted by atomic mass is 10.2. The third-order valence-electron chi connectivity index (χ3n) is 4.57. The van der Waals surface area contributed by atoms with Crippen LogP contribution in [0.4, 0.5) is 5.69 Å². The molecule has 1 aliphatic rings. The minimum Gasteiger partial charge on any atom is -0.469 e. The first-order chi connectivity index (χ1) is 12.6. The number of para-hydroxylation sites is 1. The number of furan rings is 1. The molecule has 0 spiro atoms. The van der Waals surface area contributed by atoms with Crippen LogP contribution in [0.2, 0.25) is 0 Å². The summed E-state index contributed by atoms with van der Waals surface area (Å²) >= 11 is 0. The third-order valence-corrected chi connectivity index (χ3v) is 4.57. The van der Waals surface area contributed by atoms with Gasteiger partial charge in [-0.1, -0.05) is 18.2 Å². The molecule has 7 nitrogen and oxygen atoms in total. The molecule has 1 aromatic carbocycles. The Balaban J connectivity index is 1.35. The second-order valence-electron chi connectivity index (χ2n) is 6.31. The lowest BCUT2D eigenvalue weighted by Crippen LogP contribution is -2.48. The molecule has 1 fully saturated rings. The topological polar surface area (TPSA) is 77.8 Å². The van der Waals surface area contributed by atoms with Crippen molar-refractivity contribution < 1.29 is 14.0 Å². The number of nitrogens with zero attached hydrogens (tertiary/aromatic N) is 2. The quantitative estimate of drug-likeness (QED) is 0.795. The standard InChI is InChI=1S/C19H24N4O3/c1-15-17(8-14-26-15)19(25)21-20-18(24)7-9-22-10-12-23(13-11-22)16-5-3-2-4-6-16/h2-6,8,14H,7,9-13H2,1H3,(H,20,24)(H,21,25). The van der Waals surface area contributed by atoms with Crippen molar-refractivity contribution in [3.8, 4) is 0 Å². The van der Waals surface area contributed by atoms with Crippen molar-refractivity contribution in [3.63, 3.8) is 0 Å². The van der Waals surface area contributed by atoms with E-state index in [1.54, 1.807) is 13.0 Å². The zero-order chi connectivity index (χ0) is 18.4. The largest absolute Gasteiger partial charge is 0.469 e. The van der Waals surface area contributed by atoms with E-state index in [0.29, 0.717) is 24.3 Å². The molecular weight excluding hydrogens is 332 g/mol. The number of rotatable bonds is 5. The van der Waals surface area contributed by atoms with E-state index in [0.717, 1.165) is 26.2 Å². The molecule has 2 N–H and O–H groups in total. The number of nitrogens with one attached hydrogen (secondary N) is 2. The minimum absolute atomic E-state index is 0.204. The normalized spacial score (nSPS) is 14.9. The van der Waals surface area contributed by atoms with E-state index in [9.17, 15) is 9.59 Å². The van der Waals surface area contributed by atoms with Gasteiger partial charge in [0.15, 0.2) is 0 Å². The summed E-state index contributed by atoms with van der Waals surface area (Å²) in [5.74, 6) is -0.0564. The van der Waals surface area contributed by atoms with Crippen molar-refractivity contribution in [2.45, 2.75) is 13.3 Å². The summed E-state index contributed by atoms with van der Waals surface area (Å²) in [6.07, 6.45) is 1.79. The Bertz CT molecular complexity index is 736. The van der Waals surface area contributed by atoms with Crippen LogP contribution in [0.25, 0.3) is 0 Å². The predicted octanol–water partition coefficient (Wildman–Crippen LogP) is 1.56. The molecule has 3 rings (SSSR count). The monoisotopic (exact) mass is 356 g/mol. The van der Waals surface area contributed by atoms with E-state index in [1.807, 2.05) is 18.2 Å². The van der Waals surface area contributed by atoms with Crippen molar-refractivity contribution in [2.24, 2.45) is 0 Å². The van der Waals surface area contributed by atoms with Gasteiger partial charge in [-0.15, -0.1) is 0 Å². The predicted molar refractivity (Wildman–Crippen MR) is 98.8 cm³/mol. The second-order valence-corrected chi connectivity index (χ2v) is 6.31. The minimum atomic E-state index is -0.374. The molecule has 26 heavy (non-hydrogen) atoms. The van der Waals surface area contributed by atoms with Gasteiger partial charge in [-0.2, -0.15) is 0 Å². The fourth-order valence-electron chi connectivity index (χ4n) is 3.00. The number of hydrogen-bond acceptors (Lipinski definition) is 5. The Morgan fingerprint density at radius 3 is 2.42 bits per heavy atom. The zero-order valence-electron chi connectivity index (χ0n) is 14.9. The highest BCUT2D eigenvalue weighted by atomic mass is 16.3. The van der Waals surface area contributed by atoms with E-state index in [4.69, 9.17) is 4.42 Å². The Hall–Kier alpha value is -2.80. The van der Waals surface area contributed by atoms with Crippen LogP contribution >= 0.6 is 0 Å². The maximum Gasteiger partial charge on any atom is 0.273 e. The number of piperazine rings is 1. The average Bonchev–Trinajstić information content (AvgIpc) is 3.11. The van der Waals surface area contributed by atoms with Gasteiger partial charge in [0, 0.05) is 44.8 Å². The molecule has 1 aromatic heterocycles. The first kappa shape index (κ1) is 18.0. The van der Waals surface area contributed by atoms with Gasteiger partial charge in [0.25, 0.3) is 5.91 Å². The summed E-state index contributed by atoms with van der Waals surface area (Å²) in [5.41, 5.74) is 6.53. The maximum atomic E-state index is 11.9. The van der Waals surface area contributed by atoms with Crippen LogP contribution < -0.4 is 15.8 Å². The molecule has 0 aliphatic carbocycles. The molecule has 2 amide bonds. The number of carbonyl (C=O) groups excluding carboxylic acids is 2. The Morgan fingerprint density at radius 2 is 1.77 bits per heavy atom. The van der Waals surface area contributed by atoms with Gasteiger partial charge in [0.1, 0.15) is 5.76 Å². The molecule has 0 atom stereocenters. The van der Waals surface area contributed by atoms with Crippen molar-refractivity contribution in [2.75, 3.05) is 37.6 Å². The second kappa shape index (κ2) is 8.53. The number of amides is 2. The van der Waals surface area contributed by atoms with Crippen LogP contribution in [-0.4, -0.2) is 49.4 Å². The van der Waals surface area contributed by atoms with Gasteiger partial charge in [-0.25, -0.2) is 0 Å². The number of anilines is 1. The molecule has 0 unspecified atom stereocenters. The molecule has 1 aliphatic heterocycles. The summed E-state index contributed by atoms with van der Waals surface area (Å²) in [6, 6.07) is 11.9. The molecule has 2 heterocycles. The van der Waals surface area contributed by atoms with E-state index in [-0.39, 0.29) is 11.8 Å². The smallest absolute Gasteiger partial charge is 0.273 e. The molecule has 1 saturated heterocycles. The van der Waals surface area contributed by atoms with Gasteiger partial charge in [0.2, 0.25) is 5.91 Å². The van der Waals surface area contributed by atoms with E-state index in [1.165, 1.54) is 12.0 Å². The first-order valence-corrected chi connectivity index (χ1v) is 8.79. The van der Waals surface area contributed by atoms with Gasteiger partial charge >= 0.3 is 0 Å². The SMILES string of the molecule is Cc1occc1C(=O)NNC(=O)CCN1CCN(c2ccccc2)CC1. The Labute approximate surface area is 152 Å². The highest BCUT2D eigenvalue weighted by Crippen LogP contribution is 2.15. The van der Waals surface area contributed by atoms with Crippen molar-refractivity contribution >= 4 is 17.5 Å². The molecule has 0 radical (unpaired) electrons. The Kier molecular flexibility index (Phi) is 5.91. The number of benzene rings is 1. The van der Waals surface area contributed by atoms with Gasteiger partial charge in [0.05, 0.1) is 11.8 Å². The lowest BCUT2D eigenvalue weighted by Gasteiger charge is -2.36. The zero-order valence-corrected chi connectivity index (χ0v) is 14.9. The van der Waals surface area contributed by atoms with Gasteiger partial charge < -0.3 is 9.32 Å². The van der Waals surface area contributed by atoms with Crippen LogP contribution in [0.3, 0.4) is 0 Å². The summed E-state index contributed by atoms with van der Waals surface area (Å²) in [4.78, 5) is 28.5. The number of hydrogen-bond donors (Lipinski definition) is 2. The lowest BCUT2D eigenvalue weighted by molar-refractivity contribution is -0.122. The van der Waals surface area contributed by atoms with E-state index >= 15 is 0 Å². The third kappa shape index (κ3) is 4.64. The average molecular weight is 356 g/mol. The summed E-state index contributed by atoms with van der Waals surface area (Å²) < 4.78 is 5.08. The highest BCUT2D eigenvalue weighted by molar-refractivity contribution is 5.96. The molecule has 7 heteroatoms. The van der Waals surface area contributed by atoms with Crippen LogP contribution in [0.5, 0.6) is 0 Å². The number of hydrazine groups is 1. The summed E-state index contributed by atoms with van der Waals surface area (Å²) in [5, 5.41) is 0. The van der Waals surface area contributed by atoms with Gasteiger partial charge in [-0.05, 0) is 25.1 Å². The number of aryl methyl sites for hydroxylation is 1. The van der Waals surface area contributed by atoms with E-state index < -0.39 is 0 Å². The van der Waals surface area contributed by atoms with Crippen molar-refractivity contribution in [1.29, 1.82) is 0 Å². The van der Waals surface area contributed by atoms with E-state index in [2.05, 4.69) is 32.8 Å². The maximum absolute atomic E-state index is 11.9. The Morgan fingerprint density at radius 1 is 1.04 bits per heavy atom. The number of carbonyl (C=O) groups is 2. The van der Waals surface area contributed by atoms with Crippen LogP contribution in [-0.2, 0) is 4.79 Å². The molecule has 2 aromatic rings. The fourth-order valence-corrected chi connectivity index (χ4v) is 3.00. The van der Waals surface area contributed by atoms with Crippen molar-refractivity contribution in [3.05, 3.63) is 54.0 Å². The van der Waals surface area contributed by atoms with Crippen molar-refractivity contribution in [1.82, 2.24) is 15.8 Å². The molecular formula is C19H24N4O3. The first-order valence-electron chi connectivity index (χ1n) is 8.79. The molecule has 138 valence electrons.